The van der Waals surface area contributed by atoms with Gasteiger partial charge in [-0.3, -0.25) is 9.80 Å². The first-order valence-corrected chi connectivity index (χ1v) is 6.99. The maximum Gasteiger partial charge on any atom is 0.0223 e. The first kappa shape index (κ1) is 12.3. The molecule has 2 N–H and O–H groups in total. The molecule has 2 atom stereocenters. The Bertz CT molecular complexity index is 207. The van der Waals surface area contributed by atoms with Crippen LogP contribution in [0.1, 0.15) is 39.0 Å². The third-order valence-corrected chi connectivity index (χ3v) is 4.32. The maximum atomic E-state index is 5.59. The van der Waals surface area contributed by atoms with Gasteiger partial charge in [0.25, 0.3) is 0 Å². The highest BCUT2D eigenvalue weighted by Gasteiger charge is 2.30. The van der Waals surface area contributed by atoms with Crippen molar-refractivity contribution >= 4 is 0 Å². The van der Waals surface area contributed by atoms with E-state index in [0.29, 0.717) is 0 Å². The molecule has 2 fully saturated rings. The van der Waals surface area contributed by atoms with Gasteiger partial charge in [-0.15, -0.1) is 0 Å². The van der Waals surface area contributed by atoms with Crippen LogP contribution in [0.2, 0.25) is 0 Å². The van der Waals surface area contributed by atoms with Crippen molar-refractivity contribution in [2.24, 2.45) is 5.73 Å². The zero-order valence-corrected chi connectivity index (χ0v) is 10.7. The van der Waals surface area contributed by atoms with E-state index in [1.165, 1.54) is 58.3 Å². The quantitative estimate of drug-likeness (QED) is 0.782. The number of hydrogen-bond donors (Lipinski definition) is 1. The monoisotopic (exact) mass is 225 g/mol. The number of fused-ring (bicyclic) bond motifs is 1. The summed E-state index contributed by atoms with van der Waals surface area (Å²) in [5.74, 6) is 0. The predicted molar refractivity (Wildman–Crippen MR) is 68.5 cm³/mol. The summed E-state index contributed by atoms with van der Waals surface area (Å²) in [4.78, 5) is 5.39. The third kappa shape index (κ3) is 2.96. The van der Waals surface area contributed by atoms with E-state index < -0.39 is 0 Å². The van der Waals surface area contributed by atoms with Crippen LogP contribution in [0.15, 0.2) is 0 Å². The van der Waals surface area contributed by atoms with Gasteiger partial charge in [-0.1, -0.05) is 6.42 Å². The van der Waals surface area contributed by atoms with Crippen LogP contribution in [0.3, 0.4) is 0 Å². The number of nitrogens with zero attached hydrogens (tertiary/aromatic N) is 2. The standard InChI is InChI=1S/C13H27N3/c1-12(5-4-7-14)16-10-9-15-8-3-2-6-13(15)11-16/h12-13H,2-11,14H2,1H3. The van der Waals surface area contributed by atoms with E-state index in [2.05, 4.69) is 16.7 Å². The van der Waals surface area contributed by atoms with Gasteiger partial charge in [-0.2, -0.15) is 0 Å². The molecule has 94 valence electrons. The van der Waals surface area contributed by atoms with Crippen LogP contribution in [-0.2, 0) is 0 Å². The van der Waals surface area contributed by atoms with Crippen LogP contribution < -0.4 is 5.73 Å². The molecule has 3 heteroatoms. The molecule has 0 spiro atoms. The van der Waals surface area contributed by atoms with Gasteiger partial charge in [-0.05, 0) is 45.7 Å². The van der Waals surface area contributed by atoms with Crippen LogP contribution in [0.5, 0.6) is 0 Å². The summed E-state index contributed by atoms with van der Waals surface area (Å²) in [5, 5.41) is 0. The van der Waals surface area contributed by atoms with Crippen molar-refractivity contribution in [1.29, 1.82) is 0 Å². The van der Waals surface area contributed by atoms with Gasteiger partial charge in [0.15, 0.2) is 0 Å². The topological polar surface area (TPSA) is 32.5 Å². The molecular weight excluding hydrogens is 198 g/mol. The molecule has 0 aromatic rings. The summed E-state index contributed by atoms with van der Waals surface area (Å²) in [7, 11) is 0. The molecule has 2 aliphatic heterocycles. The van der Waals surface area contributed by atoms with E-state index in [9.17, 15) is 0 Å². The van der Waals surface area contributed by atoms with Gasteiger partial charge in [0, 0.05) is 31.7 Å². The molecule has 2 rings (SSSR count). The molecule has 0 amide bonds. The average molecular weight is 225 g/mol. The van der Waals surface area contributed by atoms with Crippen molar-refractivity contribution in [3.63, 3.8) is 0 Å². The zero-order valence-electron chi connectivity index (χ0n) is 10.7. The van der Waals surface area contributed by atoms with Gasteiger partial charge in [0.2, 0.25) is 0 Å². The summed E-state index contributed by atoms with van der Waals surface area (Å²) in [5.41, 5.74) is 5.59. The lowest BCUT2D eigenvalue weighted by Gasteiger charge is -2.46. The van der Waals surface area contributed by atoms with Crippen LogP contribution in [0, 0.1) is 0 Å². The van der Waals surface area contributed by atoms with E-state index in [-0.39, 0.29) is 0 Å². The first-order chi connectivity index (χ1) is 7.81. The molecular formula is C13H27N3. The van der Waals surface area contributed by atoms with Crippen LogP contribution in [-0.4, -0.2) is 54.6 Å². The van der Waals surface area contributed by atoms with Crippen LogP contribution in [0.4, 0.5) is 0 Å². The summed E-state index contributed by atoms with van der Waals surface area (Å²) >= 11 is 0. The van der Waals surface area contributed by atoms with Gasteiger partial charge in [-0.25, -0.2) is 0 Å². The zero-order chi connectivity index (χ0) is 11.4. The molecule has 2 heterocycles. The minimum absolute atomic E-state index is 0.729. The Balaban J connectivity index is 1.79. The van der Waals surface area contributed by atoms with Gasteiger partial charge in [0.05, 0.1) is 0 Å². The fourth-order valence-electron chi connectivity index (χ4n) is 3.18. The van der Waals surface area contributed by atoms with Crippen molar-refractivity contribution in [3.8, 4) is 0 Å². The van der Waals surface area contributed by atoms with E-state index >= 15 is 0 Å². The molecule has 2 unspecified atom stereocenters. The van der Waals surface area contributed by atoms with Gasteiger partial charge >= 0.3 is 0 Å². The summed E-state index contributed by atoms with van der Waals surface area (Å²) in [6, 6.07) is 1.58. The Morgan fingerprint density at radius 2 is 2.12 bits per heavy atom. The van der Waals surface area contributed by atoms with Gasteiger partial charge < -0.3 is 5.73 Å². The third-order valence-electron chi connectivity index (χ3n) is 4.32. The molecule has 0 aromatic heterocycles. The first-order valence-electron chi connectivity index (χ1n) is 6.99. The maximum absolute atomic E-state index is 5.59. The van der Waals surface area contributed by atoms with Crippen LogP contribution in [0.25, 0.3) is 0 Å². The SMILES string of the molecule is CC(CCCN)N1CCN2CCCCC2C1. The number of rotatable bonds is 4. The second-order valence-corrected chi connectivity index (χ2v) is 5.46. The molecule has 2 saturated heterocycles. The largest absolute Gasteiger partial charge is 0.330 e. The van der Waals surface area contributed by atoms with Crippen molar-refractivity contribution in [3.05, 3.63) is 0 Å². The Labute approximate surface area is 100.0 Å². The normalized spacial score (nSPS) is 30.0. The highest BCUT2D eigenvalue weighted by Crippen LogP contribution is 2.22. The fourth-order valence-corrected chi connectivity index (χ4v) is 3.18. The minimum atomic E-state index is 0.729. The van der Waals surface area contributed by atoms with Crippen molar-refractivity contribution < 1.29 is 0 Å². The van der Waals surface area contributed by atoms with E-state index in [1.807, 2.05) is 0 Å². The summed E-state index contributed by atoms with van der Waals surface area (Å²) < 4.78 is 0. The molecule has 0 aromatic carbocycles. The highest BCUT2D eigenvalue weighted by molar-refractivity contribution is 4.86. The molecule has 0 saturated carbocycles. The molecule has 3 nitrogen and oxygen atoms in total. The second kappa shape index (κ2) is 5.99. The summed E-state index contributed by atoms with van der Waals surface area (Å²) in [6.07, 6.45) is 6.71. The van der Waals surface area contributed by atoms with Crippen molar-refractivity contribution in [2.75, 3.05) is 32.7 Å². The van der Waals surface area contributed by atoms with Crippen molar-refractivity contribution in [2.45, 2.75) is 51.1 Å². The molecule has 0 radical (unpaired) electrons. The fraction of sp³-hybridized carbons (Fsp3) is 1.00. The Morgan fingerprint density at radius 3 is 2.94 bits per heavy atom. The van der Waals surface area contributed by atoms with Crippen LogP contribution >= 0.6 is 0 Å². The van der Waals surface area contributed by atoms with E-state index in [0.717, 1.165) is 18.6 Å². The Hall–Kier alpha value is -0.120. The molecule has 0 bridgehead atoms. The van der Waals surface area contributed by atoms with E-state index in [1.54, 1.807) is 0 Å². The Morgan fingerprint density at radius 1 is 1.25 bits per heavy atom. The number of hydrogen-bond acceptors (Lipinski definition) is 3. The molecule has 16 heavy (non-hydrogen) atoms. The smallest absolute Gasteiger partial charge is 0.0223 e. The molecule has 0 aliphatic carbocycles. The average Bonchev–Trinajstić information content (AvgIpc) is 2.35. The highest BCUT2D eigenvalue weighted by atomic mass is 15.3. The second-order valence-electron chi connectivity index (χ2n) is 5.46. The predicted octanol–water partition coefficient (Wildman–Crippen LogP) is 1.28. The Kier molecular flexibility index (Phi) is 4.62. The lowest BCUT2D eigenvalue weighted by atomic mass is 9.98. The van der Waals surface area contributed by atoms with E-state index in [4.69, 9.17) is 5.73 Å². The summed E-state index contributed by atoms with van der Waals surface area (Å²) in [6.45, 7) is 8.41. The van der Waals surface area contributed by atoms with Gasteiger partial charge in [0.1, 0.15) is 0 Å². The number of piperidine rings is 1. The minimum Gasteiger partial charge on any atom is -0.330 e. The van der Waals surface area contributed by atoms with Crippen molar-refractivity contribution in [1.82, 2.24) is 9.80 Å². The molecule has 2 aliphatic rings. The lowest BCUT2D eigenvalue weighted by Crippen LogP contribution is -2.56. The number of piperazine rings is 1. The lowest BCUT2D eigenvalue weighted by molar-refractivity contribution is 0.0291. The number of nitrogens with two attached hydrogens (primary N) is 1.